The van der Waals surface area contributed by atoms with Crippen LogP contribution in [0.1, 0.15) is 77.0 Å². The molecule has 0 aliphatic heterocycles. The highest BCUT2D eigenvalue weighted by Gasteiger charge is 1.99. The van der Waals surface area contributed by atoms with E-state index in [1.54, 1.807) is 0 Å². The van der Waals surface area contributed by atoms with Crippen LogP contribution >= 0.6 is 0 Å². The Labute approximate surface area is 100 Å². The van der Waals surface area contributed by atoms with E-state index < -0.39 is 0 Å². The molecule has 0 amide bonds. The smallest absolute Gasteiger partial charge is 0.144 e. The first kappa shape index (κ1) is 13.3. The van der Waals surface area contributed by atoms with Crippen LogP contribution in [0.3, 0.4) is 0 Å². The van der Waals surface area contributed by atoms with Crippen molar-refractivity contribution < 1.29 is 4.79 Å². The van der Waals surface area contributed by atoms with Crippen LogP contribution in [0, 0.1) is 11.8 Å². The van der Waals surface area contributed by atoms with Crippen LogP contribution in [0.2, 0.25) is 0 Å². The Balaban J connectivity index is 2.23. The van der Waals surface area contributed by atoms with Gasteiger partial charge < -0.3 is 0 Å². The normalized spacial score (nSPS) is 21.4. The summed E-state index contributed by atoms with van der Waals surface area (Å²) in [7, 11) is 0. The highest BCUT2D eigenvalue weighted by molar-refractivity contribution is 5.80. The zero-order valence-corrected chi connectivity index (χ0v) is 10.4. The molecule has 1 heteroatoms. The lowest BCUT2D eigenvalue weighted by atomic mass is 10.1. The van der Waals surface area contributed by atoms with Gasteiger partial charge in [0.25, 0.3) is 0 Å². The van der Waals surface area contributed by atoms with E-state index in [9.17, 15) is 4.79 Å². The lowest BCUT2D eigenvalue weighted by Crippen LogP contribution is -1.95. The molecule has 0 radical (unpaired) electrons. The molecule has 0 aromatic rings. The summed E-state index contributed by atoms with van der Waals surface area (Å²) in [4.78, 5) is 11.4. The van der Waals surface area contributed by atoms with Crippen LogP contribution in [0.5, 0.6) is 0 Å². The predicted octanol–water partition coefficient (Wildman–Crippen LogP) is 4.25. The van der Waals surface area contributed by atoms with Crippen molar-refractivity contribution in [3.8, 4) is 11.8 Å². The molecule has 0 saturated carbocycles. The third-order valence-electron chi connectivity index (χ3n) is 3.17. The lowest BCUT2D eigenvalue weighted by Gasteiger charge is -2.01. The third-order valence-corrected chi connectivity index (χ3v) is 3.17. The average Bonchev–Trinajstić information content (AvgIpc) is 2.29. The van der Waals surface area contributed by atoms with E-state index in [4.69, 9.17) is 0 Å². The predicted molar refractivity (Wildman–Crippen MR) is 68.2 cm³/mol. The number of carbonyl (C=O) groups is 1. The zero-order chi connectivity index (χ0) is 11.5. The molecule has 0 bridgehead atoms. The number of carbonyl (C=O) groups excluding carboxylic acids is 1. The topological polar surface area (TPSA) is 17.1 Å². The van der Waals surface area contributed by atoms with Gasteiger partial charge in [0.2, 0.25) is 0 Å². The van der Waals surface area contributed by atoms with E-state index in [1.807, 2.05) is 0 Å². The fourth-order valence-electron chi connectivity index (χ4n) is 2.11. The first-order valence-electron chi connectivity index (χ1n) is 6.87. The van der Waals surface area contributed by atoms with Crippen molar-refractivity contribution in [1.29, 1.82) is 0 Å². The van der Waals surface area contributed by atoms with Gasteiger partial charge in [-0.05, 0) is 12.8 Å². The van der Waals surface area contributed by atoms with Gasteiger partial charge in [-0.1, -0.05) is 50.9 Å². The Hall–Kier alpha value is -0.770. The molecule has 0 heterocycles. The van der Waals surface area contributed by atoms with Crippen LogP contribution in [0.4, 0.5) is 0 Å². The first-order valence-corrected chi connectivity index (χ1v) is 6.87. The van der Waals surface area contributed by atoms with Gasteiger partial charge in [0, 0.05) is 12.8 Å². The van der Waals surface area contributed by atoms with Crippen molar-refractivity contribution >= 4 is 5.78 Å². The summed E-state index contributed by atoms with van der Waals surface area (Å²) in [6.45, 7) is 0. The highest BCUT2D eigenvalue weighted by Crippen LogP contribution is 2.12. The van der Waals surface area contributed by atoms with E-state index in [1.165, 1.54) is 51.4 Å². The Bertz CT molecular complexity index is 244. The Morgan fingerprint density at radius 1 is 0.688 bits per heavy atom. The van der Waals surface area contributed by atoms with Gasteiger partial charge in [0.05, 0.1) is 6.42 Å². The van der Waals surface area contributed by atoms with Gasteiger partial charge in [-0.25, -0.2) is 0 Å². The van der Waals surface area contributed by atoms with Crippen LogP contribution < -0.4 is 0 Å². The summed E-state index contributed by atoms with van der Waals surface area (Å²) < 4.78 is 0. The van der Waals surface area contributed by atoms with Crippen molar-refractivity contribution in [1.82, 2.24) is 0 Å². The summed E-state index contributed by atoms with van der Waals surface area (Å²) >= 11 is 0. The number of rotatable bonds is 0. The molecule has 0 fully saturated rings. The molecule has 0 N–H and O–H groups in total. The fourth-order valence-corrected chi connectivity index (χ4v) is 2.11. The summed E-state index contributed by atoms with van der Waals surface area (Å²) in [6, 6.07) is 0. The molecule has 16 heavy (non-hydrogen) atoms. The SMILES string of the molecule is O=C1CC#CCCCCCCCCCCC1. The van der Waals surface area contributed by atoms with E-state index in [0.29, 0.717) is 12.2 Å². The van der Waals surface area contributed by atoms with Crippen molar-refractivity contribution in [3.05, 3.63) is 0 Å². The quantitative estimate of drug-likeness (QED) is 0.558. The fraction of sp³-hybridized carbons (Fsp3) is 0.800. The van der Waals surface area contributed by atoms with Gasteiger partial charge in [0.1, 0.15) is 5.78 Å². The maximum Gasteiger partial charge on any atom is 0.144 e. The Morgan fingerprint density at radius 2 is 1.25 bits per heavy atom. The van der Waals surface area contributed by atoms with Crippen molar-refractivity contribution in [3.63, 3.8) is 0 Å². The van der Waals surface area contributed by atoms with E-state index >= 15 is 0 Å². The second-order valence-electron chi connectivity index (χ2n) is 4.75. The molecule has 1 rings (SSSR count). The average molecular weight is 220 g/mol. The minimum absolute atomic E-state index is 0.336. The molecule has 0 unspecified atom stereocenters. The van der Waals surface area contributed by atoms with E-state index in [2.05, 4.69) is 11.8 Å². The number of ketones is 1. The summed E-state index contributed by atoms with van der Waals surface area (Å²) in [6.07, 6.45) is 13.8. The molecule has 0 atom stereocenters. The van der Waals surface area contributed by atoms with Crippen LogP contribution in [-0.2, 0) is 4.79 Å². The monoisotopic (exact) mass is 220 g/mol. The molecule has 1 nitrogen and oxygen atoms in total. The van der Waals surface area contributed by atoms with Crippen LogP contribution in [0.25, 0.3) is 0 Å². The third kappa shape index (κ3) is 7.51. The second-order valence-corrected chi connectivity index (χ2v) is 4.75. The maximum atomic E-state index is 11.4. The number of hydrogen-bond donors (Lipinski definition) is 0. The molecule has 1 aliphatic rings. The largest absolute Gasteiger partial charge is 0.299 e. The Kier molecular flexibility index (Phi) is 7.86. The van der Waals surface area contributed by atoms with E-state index in [0.717, 1.165) is 19.3 Å². The van der Waals surface area contributed by atoms with Crippen LogP contribution in [-0.4, -0.2) is 5.78 Å². The molecule has 0 aromatic carbocycles. The maximum absolute atomic E-state index is 11.4. The molecule has 0 saturated heterocycles. The molecule has 1 aliphatic carbocycles. The van der Waals surface area contributed by atoms with Gasteiger partial charge in [-0.2, -0.15) is 0 Å². The van der Waals surface area contributed by atoms with Gasteiger partial charge in [-0.15, -0.1) is 5.92 Å². The first-order chi connectivity index (χ1) is 7.89. The van der Waals surface area contributed by atoms with E-state index in [-0.39, 0.29) is 0 Å². The number of hydrogen-bond acceptors (Lipinski definition) is 1. The molecular formula is C15H24O. The molecule has 0 spiro atoms. The lowest BCUT2D eigenvalue weighted by molar-refractivity contribution is -0.118. The molecule has 90 valence electrons. The Morgan fingerprint density at radius 3 is 1.94 bits per heavy atom. The minimum atomic E-state index is 0.336. The standard InChI is InChI=1S/C15H24O/c16-15-13-11-9-7-5-3-1-2-4-6-8-10-12-14-15/h1-9,11,13-14H2. The van der Waals surface area contributed by atoms with Gasteiger partial charge >= 0.3 is 0 Å². The minimum Gasteiger partial charge on any atom is -0.299 e. The van der Waals surface area contributed by atoms with Crippen molar-refractivity contribution in [2.75, 3.05) is 0 Å². The van der Waals surface area contributed by atoms with Crippen molar-refractivity contribution in [2.45, 2.75) is 77.0 Å². The molecular weight excluding hydrogens is 196 g/mol. The zero-order valence-electron chi connectivity index (χ0n) is 10.4. The molecule has 0 aromatic heterocycles. The van der Waals surface area contributed by atoms with Crippen molar-refractivity contribution in [2.24, 2.45) is 0 Å². The van der Waals surface area contributed by atoms with Gasteiger partial charge in [0.15, 0.2) is 0 Å². The number of Topliss-reactive ketones (excluding diaryl/α,β-unsaturated/α-hetero) is 1. The van der Waals surface area contributed by atoms with Gasteiger partial charge in [-0.3, -0.25) is 4.79 Å². The summed E-state index contributed by atoms with van der Waals surface area (Å²) in [5.41, 5.74) is 0. The highest BCUT2D eigenvalue weighted by atomic mass is 16.1. The summed E-state index contributed by atoms with van der Waals surface area (Å²) in [5.74, 6) is 6.46. The van der Waals surface area contributed by atoms with Crippen LogP contribution in [0.15, 0.2) is 0 Å². The summed E-state index contributed by atoms with van der Waals surface area (Å²) in [5, 5.41) is 0. The second kappa shape index (κ2) is 9.46.